The Morgan fingerprint density at radius 2 is 1.57 bits per heavy atom. The Labute approximate surface area is 88.4 Å². The Morgan fingerprint density at radius 3 is 2.00 bits per heavy atom. The van der Waals surface area contributed by atoms with Crippen LogP contribution >= 0.6 is 0 Å². The molecule has 1 rings (SSSR count). The molecule has 14 heavy (non-hydrogen) atoms. The SMILES string of the molecule is CC[C@H](C)c1ccc(CC(C)C)cc1. The van der Waals surface area contributed by atoms with Gasteiger partial charge in [-0.2, -0.15) is 0 Å². The average Bonchev–Trinajstić information content (AvgIpc) is 2.17. The molecule has 0 heterocycles. The van der Waals surface area contributed by atoms with Crippen molar-refractivity contribution < 1.29 is 0 Å². The molecule has 0 N–H and O–H groups in total. The molecule has 1 aromatic carbocycles. The smallest absolute Gasteiger partial charge is 0.0193 e. The minimum Gasteiger partial charge on any atom is -0.0648 e. The van der Waals surface area contributed by atoms with Crippen molar-refractivity contribution in [3.05, 3.63) is 35.4 Å². The molecule has 0 fully saturated rings. The lowest BCUT2D eigenvalue weighted by Crippen LogP contribution is -1.95. The summed E-state index contributed by atoms with van der Waals surface area (Å²) in [5, 5.41) is 0. The molecule has 0 nitrogen and oxygen atoms in total. The van der Waals surface area contributed by atoms with Crippen molar-refractivity contribution in [3.63, 3.8) is 0 Å². The van der Waals surface area contributed by atoms with E-state index >= 15 is 0 Å². The van der Waals surface area contributed by atoms with Gasteiger partial charge in [-0.25, -0.2) is 0 Å². The molecule has 0 spiro atoms. The fourth-order valence-corrected chi connectivity index (χ4v) is 1.69. The van der Waals surface area contributed by atoms with Gasteiger partial charge < -0.3 is 0 Å². The van der Waals surface area contributed by atoms with E-state index in [1.807, 2.05) is 0 Å². The van der Waals surface area contributed by atoms with Crippen molar-refractivity contribution in [1.82, 2.24) is 0 Å². The van der Waals surface area contributed by atoms with E-state index in [0.29, 0.717) is 5.92 Å². The molecule has 0 aliphatic heterocycles. The van der Waals surface area contributed by atoms with Crippen LogP contribution in [-0.2, 0) is 6.42 Å². The number of hydrogen-bond donors (Lipinski definition) is 0. The first-order chi connectivity index (χ1) is 6.63. The summed E-state index contributed by atoms with van der Waals surface area (Å²) in [6, 6.07) is 9.13. The lowest BCUT2D eigenvalue weighted by atomic mass is 9.95. The minimum absolute atomic E-state index is 0.697. The predicted octanol–water partition coefficient (Wildman–Crippen LogP) is 4.40. The largest absolute Gasteiger partial charge is 0.0648 e. The molecule has 0 bridgehead atoms. The second-order valence-electron chi connectivity index (χ2n) is 4.65. The van der Waals surface area contributed by atoms with Gasteiger partial charge in [-0.1, -0.05) is 52.0 Å². The molecule has 0 saturated heterocycles. The third kappa shape index (κ3) is 3.17. The van der Waals surface area contributed by atoms with Gasteiger partial charge in [-0.3, -0.25) is 0 Å². The van der Waals surface area contributed by atoms with Crippen LogP contribution < -0.4 is 0 Å². The quantitative estimate of drug-likeness (QED) is 0.660. The van der Waals surface area contributed by atoms with Gasteiger partial charge >= 0.3 is 0 Å². The lowest BCUT2D eigenvalue weighted by Gasteiger charge is -2.10. The van der Waals surface area contributed by atoms with Crippen LogP contribution in [0.1, 0.15) is 51.2 Å². The molecule has 1 aromatic rings. The summed E-state index contributed by atoms with van der Waals surface area (Å²) in [5.41, 5.74) is 2.94. The van der Waals surface area contributed by atoms with Crippen LogP contribution in [0.25, 0.3) is 0 Å². The van der Waals surface area contributed by atoms with Crippen LogP contribution in [-0.4, -0.2) is 0 Å². The van der Waals surface area contributed by atoms with E-state index < -0.39 is 0 Å². The molecule has 0 unspecified atom stereocenters. The fourth-order valence-electron chi connectivity index (χ4n) is 1.69. The van der Waals surface area contributed by atoms with Crippen molar-refractivity contribution in [3.8, 4) is 0 Å². The zero-order valence-electron chi connectivity index (χ0n) is 9.88. The van der Waals surface area contributed by atoms with Gasteiger partial charge in [0.1, 0.15) is 0 Å². The molecular weight excluding hydrogens is 168 g/mol. The van der Waals surface area contributed by atoms with Crippen LogP contribution in [0.2, 0.25) is 0 Å². The highest BCUT2D eigenvalue weighted by Gasteiger charge is 2.02. The first-order valence-corrected chi connectivity index (χ1v) is 5.72. The Morgan fingerprint density at radius 1 is 1.00 bits per heavy atom. The Balaban J connectivity index is 2.68. The van der Waals surface area contributed by atoms with Crippen molar-refractivity contribution in [1.29, 1.82) is 0 Å². The molecule has 0 aliphatic carbocycles. The van der Waals surface area contributed by atoms with E-state index in [-0.39, 0.29) is 0 Å². The first-order valence-electron chi connectivity index (χ1n) is 5.72. The Bertz CT molecular complexity index is 256. The van der Waals surface area contributed by atoms with Gasteiger partial charge in [0.05, 0.1) is 0 Å². The van der Waals surface area contributed by atoms with E-state index in [2.05, 4.69) is 52.0 Å². The maximum Gasteiger partial charge on any atom is -0.0193 e. The van der Waals surface area contributed by atoms with Crippen LogP contribution in [0.3, 0.4) is 0 Å². The highest BCUT2D eigenvalue weighted by atomic mass is 14.1. The molecule has 78 valence electrons. The number of rotatable bonds is 4. The van der Waals surface area contributed by atoms with Gasteiger partial charge in [-0.15, -0.1) is 0 Å². The number of benzene rings is 1. The molecule has 0 aliphatic rings. The van der Waals surface area contributed by atoms with Crippen molar-refractivity contribution in [2.24, 2.45) is 5.92 Å². The zero-order valence-corrected chi connectivity index (χ0v) is 9.88. The average molecular weight is 190 g/mol. The maximum absolute atomic E-state index is 2.29. The highest BCUT2D eigenvalue weighted by molar-refractivity contribution is 5.25. The summed E-state index contributed by atoms with van der Waals surface area (Å²) < 4.78 is 0. The van der Waals surface area contributed by atoms with Gasteiger partial charge in [0.15, 0.2) is 0 Å². The van der Waals surface area contributed by atoms with Gasteiger partial charge in [0.25, 0.3) is 0 Å². The molecule has 1 atom stereocenters. The second-order valence-corrected chi connectivity index (χ2v) is 4.65. The predicted molar refractivity (Wildman–Crippen MR) is 63.7 cm³/mol. The Kier molecular flexibility index (Phi) is 4.19. The molecule has 0 saturated carbocycles. The first kappa shape index (κ1) is 11.3. The third-order valence-corrected chi connectivity index (χ3v) is 2.81. The Hall–Kier alpha value is -0.780. The van der Waals surface area contributed by atoms with Crippen molar-refractivity contribution in [2.45, 2.75) is 46.5 Å². The third-order valence-electron chi connectivity index (χ3n) is 2.81. The summed E-state index contributed by atoms with van der Waals surface area (Å²) in [6.45, 7) is 9.06. The van der Waals surface area contributed by atoms with E-state index in [1.165, 1.54) is 24.0 Å². The molecule has 0 aromatic heterocycles. The topological polar surface area (TPSA) is 0 Å². The molecule has 0 heteroatoms. The van der Waals surface area contributed by atoms with Crippen LogP contribution in [0.15, 0.2) is 24.3 Å². The van der Waals surface area contributed by atoms with E-state index in [9.17, 15) is 0 Å². The maximum atomic E-state index is 2.29. The van der Waals surface area contributed by atoms with Crippen LogP contribution in [0, 0.1) is 5.92 Å². The monoisotopic (exact) mass is 190 g/mol. The van der Waals surface area contributed by atoms with E-state index in [0.717, 1.165) is 5.92 Å². The van der Waals surface area contributed by atoms with Gasteiger partial charge in [-0.05, 0) is 35.8 Å². The summed E-state index contributed by atoms with van der Waals surface area (Å²) in [6.07, 6.45) is 2.42. The minimum atomic E-state index is 0.697. The number of hydrogen-bond acceptors (Lipinski definition) is 0. The summed E-state index contributed by atoms with van der Waals surface area (Å²) >= 11 is 0. The normalized spacial score (nSPS) is 13.2. The van der Waals surface area contributed by atoms with Gasteiger partial charge in [0.2, 0.25) is 0 Å². The van der Waals surface area contributed by atoms with E-state index in [4.69, 9.17) is 0 Å². The summed E-state index contributed by atoms with van der Waals surface area (Å²) in [5.74, 6) is 1.45. The van der Waals surface area contributed by atoms with E-state index in [1.54, 1.807) is 0 Å². The van der Waals surface area contributed by atoms with Crippen molar-refractivity contribution >= 4 is 0 Å². The van der Waals surface area contributed by atoms with Crippen molar-refractivity contribution in [2.75, 3.05) is 0 Å². The summed E-state index contributed by atoms with van der Waals surface area (Å²) in [7, 11) is 0. The van der Waals surface area contributed by atoms with Crippen LogP contribution in [0.5, 0.6) is 0 Å². The van der Waals surface area contributed by atoms with Gasteiger partial charge in [0, 0.05) is 0 Å². The zero-order chi connectivity index (χ0) is 10.6. The highest BCUT2D eigenvalue weighted by Crippen LogP contribution is 2.19. The molecule has 0 radical (unpaired) electrons. The second kappa shape index (κ2) is 5.19. The fraction of sp³-hybridized carbons (Fsp3) is 0.571. The molecular formula is C14H22. The molecule has 0 amide bonds. The lowest BCUT2D eigenvalue weighted by molar-refractivity contribution is 0.646. The van der Waals surface area contributed by atoms with Crippen LogP contribution in [0.4, 0.5) is 0 Å². The summed E-state index contributed by atoms with van der Waals surface area (Å²) in [4.78, 5) is 0. The standard InChI is InChI=1S/C14H22/c1-5-12(4)14-8-6-13(7-9-14)10-11(2)3/h6-9,11-12H,5,10H2,1-4H3/t12-/m0/s1.